The average molecular weight is 371 g/mol. The van der Waals surface area contributed by atoms with E-state index in [4.69, 9.17) is 0 Å². The molecular weight excluding hydrogens is 344 g/mol. The van der Waals surface area contributed by atoms with Crippen molar-refractivity contribution in [3.8, 4) is 0 Å². The van der Waals surface area contributed by atoms with Crippen molar-refractivity contribution < 1.29 is 9.59 Å². The molecule has 2 amide bonds. The zero-order valence-corrected chi connectivity index (χ0v) is 16.4. The maximum Gasteiger partial charge on any atom is 0.285 e. The molecule has 2 aromatic carbocycles. The third kappa shape index (κ3) is 6.56. The van der Waals surface area contributed by atoms with E-state index >= 15 is 0 Å². The third-order valence-corrected chi connectivity index (χ3v) is 4.96. The molecule has 0 bridgehead atoms. The Morgan fingerprint density at radius 1 is 0.962 bits per heavy atom. The van der Waals surface area contributed by atoms with Gasteiger partial charge in [-0.25, -0.2) is 0 Å². The minimum absolute atomic E-state index is 0.0239. The molecule has 5 heteroatoms. The van der Waals surface area contributed by atoms with E-state index in [0.29, 0.717) is 6.42 Å². The molecule has 0 saturated heterocycles. The van der Waals surface area contributed by atoms with Gasteiger partial charge in [-0.05, 0) is 60.0 Å². The molecule has 0 saturated carbocycles. The van der Waals surface area contributed by atoms with E-state index in [1.807, 2.05) is 36.4 Å². The van der Waals surface area contributed by atoms with Crippen LogP contribution in [0.5, 0.6) is 0 Å². The van der Waals surface area contributed by atoms with Crippen LogP contribution in [0.1, 0.15) is 30.9 Å². The number of nitrogens with one attached hydrogen (secondary N) is 1. The van der Waals surface area contributed by atoms with Gasteiger partial charge < -0.3 is 10.2 Å². The van der Waals surface area contributed by atoms with Crippen LogP contribution in [0.15, 0.2) is 53.4 Å². The van der Waals surface area contributed by atoms with Crippen LogP contribution in [-0.4, -0.2) is 30.1 Å². The normalized spacial score (nSPS) is 10.4. The molecule has 0 aromatic heterocycles. The SMILES string of the molecule is CCCCc1ccc(CC(=O)Nc2ccc(SC(=O)N(C)C)cc2)cc1. The predicted octanol–water partition coefficient (Wildman–Crippen LogP) is 4.98. The van der Waals surface area contributed by atoms with Gasteiger partial charge in [-0.1, -0.05) is 37.6 Å². The molecule has 0 heterocycles. The van der Waals surface area contributed by atoms with Gasteiger partial charge in [-0.15, -0.1) is 0 Å². The van der Waals surface area contributed by atoms with Gasteiger partial charge in [0.25, 0.3) is 5.24 Å². The Morgan fingerprint density at radius 2 is 1.58 bits per heavy atom. The molecule has 0 spiro atoms. The highest BCUT2D eigenvalue weighted by atomic mass is 32.2. The highest BCUT2D eigenvalue weighted by Crippen LogP contribution is 2.22. The van der Waals surface area contributed by atoms with Crippen LogP contribution in [0.4, 0.5) is 10.5 Å². The van der Waals surface area contributed by atoms with Crippen LogP contribution in [-0.2, 0) is 17.6 Å². The summed E-state index contributed by atoms with van der Waals surface area (Å²) in [6.07, 6.45) is 3.81. The predicted molar refractivity (Wildman–Crippen MR) is 109 cm³/mol. The van der Waals surface area contributed by atoms with Crippen molar-refractivity contribution in [2.24, 2.45) is 0 Å². The van der Waals surface area contributed by atoms with E-state index in [1.54, 1.807) is 14.1 Å². The highest BCUT2D eigenvalue weighted by molar-refractivity contribution is 8.13. The van der Waals surface area contributed by atoms with Crippen LogP contribution >= 0.6 is 11.8 Å². The fourth-order valence-corrected chi connectivity index (χ4v) is 3.05. The van der Waals surface area contributed by atoms with E-state index in [-0.39, 0.29) is 11.1 Å². The van der Waals surface area contributed by atoms with Gasteiger partial charge in [0.05, 0.1) is 6.42 Å². The summed E-state index contributed by atoms with van der Waals surface area (Å²) in [7, 11) is 3.44. The first-order valence-electron chi connectivity index (χ1n) is 8.85. The summed E-state index contributed by atoms with van der Waals surface area (Å²) in [5.74, 6) is -0.0453. The van der Waals surface area contributed by atoms with Crippen molar-refractivity contribution in [1.29, 1.82) is 0 Å². The molecule has 138 valence electrons. The lowest BCUT2D eigenvalue weighted by Crippen LogP contribution is -2.16. The largest absolute Gasteiger partial charge is 0.339 e. The first-order valence-corrected chi connectivity index (χ1v) is 9.66. The van der Waals surface area contributed by atoms with Gasteiger partial charge in [-0.3, -0.25) is 9.59 Å². The number of carbonyl (C=O) groups excluding carboxylic acids is 2. The van der Waals surface area contributed by atoms with E-state index < -0.39 is 0 Å². The molecule has 2 rings (SSSR count). The molecule has 1 N–H and O–H groups in total. The maximum atomic E-state index is 12.2. The third-order valence-electron chi connectivity index (χ3n) is 3.92. The molecule has 4 nitrogen and oxygen atoms in total. The average Bonchev–Trinajstić information content (AvgIpc) is 2.62. The Kier molecular flexibility index (Phi) is 7.73. The van der Waals surface area contributed by atoms with Gasteiger partial charge in [-0.2, -0.15) is 0 Å². The lowest BCUT2D eigenvalue weighted by Gasteiger charge is -2.10. The van der Waals surface area contributed by atoms with Crippen molar-refractivity contribution in [2.45, 2.75) is 37.5 Å². The van der Waals surface area contributed by atoms with Crippen molar-refractivity contribution in [1.82, 2.24) is 4.90 Å². The van der Waals surface area contributed by atoms with E-state index in [9.17, 15) is 9.59 Å². The second-order valence-electron chi connectivity index (χ2n) is 6.43. The van der Waals surface area contributed by atoms with E-state index in [2.05, 4.69) is 24.4 Å². The number of hydrogen-bond acceptors (Lipinski definition) is 3. The number of benzene rings is 2. The number of carbonyl (C=O) groups is 2. The number of aryl methyl sites for hydroxylation is 1. The summed E-state index contributed by atoms with van der Waals surface area (Å²) >= 11 is 1.16. The Hall–Kier alpha value is -2.27. The molecule has 0 atom stereocenters. The van der Waals surface area contributed by atoms with Crippen LogP contribution in [0.25, 0.3) is 0 Å². The minimum atomic E-state index is -0.0453. The van der Waals surface area contributed by atoms with Gasteiger partial charge in [0.15, 0.2) is 0 Å². The number of hydrogen-bond donors (Lipinski definition) is 1. The van der Waals surface area contributed by atoms with Crippen molar-refractivity contribution in [2.75, 3.05) is 19.4 Å². The summed E-state index contributed by atoms with van der Waals surface area (Å²) in [6.45, 7) is 2.18. The fourth-order valence-electron chi connectivity index (χ4n) is 2.39. The molecule has 0 radical (unpaired) electrons. The van der Waals surface area contributed by atoms with Gasteiger partial charge >= 0.3 is 0 Å². The Bertz CT molecular complexity index is 725. The summed E-state index contributed by atoms with van der Waals surface area (Å²) < 4.78 is 0. The molecule has 0 aliphatic heterocycles. The zero-order chi connectivity index (χ0) is 18.9. The van der Waals surface area contributed by atoms with E-state index in [0.717, 1.165) is 34.3 Å². The van der Waals surface area contributed by atoms with Crippen molar-refractivity contribution >= 4 is 28.6 Å². The van der Waals surface area contributed by atoms with Crippen LogP contribution in [0.3, 0.4) is 0 Å². The summed E-state index contributed by atoms with van der Waals surface area (Å²) in [5.41, 5.74) is 3.05. The molecule has 0 aliphatic rings. The van der Waals surface area contributed by atoms with Crippen LogP contribution in [0.2, 0.25) is 0 Å². The fraction of sp³-hybridized carbons (Fsp3) is 0.333. The standard InChI is InChI=1S/C21H26N2O2S/c1-4-5-6-16-7-9-17(10-8-16)15-20(24)22-18-11-13-19(14-12-18)26-21(25)23(2)3/h7-14H,4-6,15H2,1-3H3,(H,22,24). The Morgan fingerprint density at radius 3 is 2.15 bits per heavy atom. The molecule has 0 aliphatic carbocycles. The number of rotatable bonds is 7. The molecular formula is C21H26N2O2S. The summed E-state index contributed by atoms with van der Waals surface area (Å²) in [5, 5.41) is 2.88. The van der Waals surface area contributed by atoms with Crippen molar-refractivity contribution in [3.05, 3.63) is 59.7 Å². The van der Waals surface area contributed by atoms with Crippen LogP contribution < -0.4 is 5.32 Å². The molecule has 0 unspecified atom stereocenters. The monoisotopic (exact) mass is 370 g/mol. The highest BCUT2D eigenvalue weighted by Gasteiger charge is 2.08. The maximum absolute atomic E-state index is 12.2. The Labute approximate surface area is 160 Å². The topological polar surface area (TPSA) is 49.4 Å². The van der Waals surface area contributed by atoms with Gasteiger partial charge in [0.2, 0.25) is 5.91 Å². The van der Waals surface area contributed by atoms with Gasteiger partial charge in [0.1, 0.15) is 0 Å². The smallest absolute Gasteiger partial charge is 0.285 e. The second-order valence-corrected chi connectivity index (χ2v) is 7.46. The first kappa shape index (κ1) is 20.0. The minimum Gasteiger partial charge on any atom is -0.339 e. The zero-order valence-electron chi connectivity index (χ0n) is 15.6. The quantitative estimate of drug-likeness (QED) is 0.699. The lowest BCUT2D eigenvalue weighted by atomic mass is 10.0. The van der Waals surface area contributed by atoms with E-state index in [1.165, 1.54) is 23.3 Å². The molecule has 2 aromatic rings. The number of amides is 2. The van der Waals surface area contributed by atoms with Crippen LogP contribution in [0, 0.1) is 0 Å². The first-order chi connectivity index (χ1) is 12.5. The number of thioether (sulfide) groups is 1. The van der Waals surface area contributed by atoms with Gasteiger partial charge in [0, 0.05) is 24.7 Å². The second kappa shape index (κ2) is 10.0. The number of unbranched alkanes of at least 4 members (excludes halogenated alkanes) is 1. The number of nitrogens with zero attached hydrogens (tertiary/aromatic N) is 1. The molecule has 0 fully saturated rings. The Balaban J connectivity index is 1.86. The lowest BCUT2D eigenvalue weighted by molar-refractivity contribution is -0.115. The summed E-state index contributed by atoms with van der Waals surface area (Å²) in [6, 6.07) is 15.6. The van der Waals surface area contributed by atoms with Crippen molar-refractivity contribution in [3.63, 3.8) is 0 Å². The molecule has 26 heavy (non-hydrogen) atoms. The number of anilines is 1. The summed E-state index contributed by atoms with van der Waals surface area (Å²) in [4.78, 5) is 26.3.